The predicted octanol–water partition coefficient (Wildman–Crippen LogP) is 0.836. The molecule has 0 bridgehead atoms. The van der Waals surface area contributed by atoms with Crippen LogP contribution in [0, 0.1) is 0 Å². The van der Waals surface area contributed by atoms with E-state index in [1.807, 2.05) is 0 Å². The molecule has 0 fully saturated rings. The number of rotatable bonds is 4. The Morgan fingerprint density at radius 1 is 1.56 bits per heavy atom. The molecule has 0 unspecified atom stereocenters. The normalized spacial score (nSPS) is 10.3. The van der Waals surface area contributed by atoms with E-state index < -0.39 is 0 Å². The summed E-state index contributed by atoms with van der Waals surface area (Å²) in [5, 5.41) is 7.25. The van der Waals surface area contributed by atoms with E-state index in [9.17, 15) is 4.79 Å². The first-order valence-corrected chi connectivity index (χ1v) is 5.77. The summed E-state index contributed by atoms with van der Waals surface area (Å²) in [6, 6.07) is 1.58. The van der Waals surface area contributed by atoms with Crippen molar-refractivity contribution in [3.8, 4) is 0 Å². The third kappa shape index (κ3) is 3.04. The molecule has 0 aliphatic rings. The number of hydrogen-bond acceptors (Lipinski definition) is 4. The standard InChI is InChI=1S/C11H12ClN5O/c1-17-7-15-10(16-17)3-5-14-11(18)8-6-13-4-2-9(8)12/h2,4,6-7H,3,5H2,1H3,(H,14,18). The van der Waals surface area contributed by atoms with Gasteiger partial charge in [0.15, 0.2) is 5.82 Å². The molecule has 1 amide bonds. The first kappa shape index (κ1) is 12.5. The third-order valence-corrected chi connectivity index (χ3v) is 2.62. The van der Waals surface area contributed by atoms with Crippen LogP contribution in [0.5, 0.6) is 0 Å². The van der Waals surface area contributed by atoms with Crippen molar-refractivity contribution in [2.24, 2.45) is 7.05 Å². The SMILES string of the molecule is Cn1cnc(CCNC(=O)c2cnccc2Cl)n1. The van der Waals surface area contributed by atoms with Gasteiger partial charge in [-0.2, -0.15) is 5.10 Å². The molecule has 0 aliphatic heterocycles. The van der Waals surface area contributed by atoms with Crippen molar-refractivity contribution in [3.05, 3.63) is 41.2 Å². The molecule has 0 atom stereocenters. The summed E-state index contributed by atoms with van der Waals surface area (Å²) in [7, 11) is 1.80. The van der Waals surface area contributed by atoms with Crippen molar-refractivity contribution in [1.82, 2.24) is 25.1 Å². The predicted molar refractivity (Wildman–Crippen MR) is 66.3 cm³/mol. The fraction of sp³-hybridized carbons (Fsp3) is 0.273. The largest absolute Gasteiger partial charge is 0.351 e. The highest BCUT2D eigenvalue weighted by Gasteiger charge is 2.09. The number of hydrogen-bond donors (Lipinski definition) is 1. The van der Waals surface area contributed by atoms with E-state index in [4.69, 9.17) is 11.6 Å². The number of pyridine rings is 1. The number of carbonyl (C=O) groups is 1. The summed E-state index contributed by atoms with van der Waals surface area (Å²) in [5.74, 6) is 0.444. The van der Waals surface area contributed by atoms with Crippen LogP contribution in [0.3, 0.4) is 0 Å². The maximum Gasteiger partial charge on any atom is 0.254 e. The second-order valence-electron chi connectivity index (χ2n) is 3.70. The summed E-state index contributed by atoms with van der Waals surface area (Å²) in [6.45, 7) is 0.452. The maximum absolute atomic E-state index is 11.8. The van der Waals surface area contributed by atoms with Gasteiger partial charge < -0.3 is 5.32 Å². The molecule has 2 heterocycles. The Balaban J connectivity index is 1.87. The molecule has 18 heavy (non-hydrogen) atoms. The summed E-state index contributed by atoms with van der Waals surface area (Å²) in [6.07, 6.45) is 5.17. The average molecular weight is 266 g/mol. The molecule has 0 radical (unpaired) electrons. The van der Waals surface area contributed by atoms with Gasteiger partial charge in [0.2, 0.25) is 0 Å². The molecule has 0 aliphatic carbocycles. The van der Waals surface area contributed by atoms with Crippen LogP contribution >= 0.6 is 11.6 Å². The number of carbonyl (C=O) groups excluding carboxylic acids is 1. The highest BCUT2D eigenvalue weighted by Crippen LogP contribution is 2.12. The second kappa shape index (κ2) is 5.59. The zero-order valence-corrected chi connectivity index (χ0v) is 10.6. The van der Waals surface area contributed by atoms with Crippen molar-refractivity contribution >= 4 is 17.5 Å². The minimum absolute atomic E-state index is 0.246. The quantitative estimate of drug-likeness (QED) is 0.889. The van der Waals surface area contributed by atoms with Gasteiger partial charge in [-0.1, -0.05) is 11.6 Å². The van der Waals surface area contributed by atoms with Crippen molar-refractivity contribution < 1.29 is 4.79 Å². The topological polar surface area (TPSA) is 72.7 Å². The van der Waals surface area contributed by atoms with Gasteiger partial charge >= 0.3 is 0 Å². The summed E-state index contributed by atoms with van der Waals surface area (Å²) >= 11 is 5.89. The van der Waals surface area contributed by atoms with Crippen LogP contribution in [0.4, 0.5) is 0 Å². The molecule has 94 valence electrons. The minimum atomic E-state index is -0.246. The Hall–Kier alpha value is -1.95. The van der Waals surface area contributed by atoms with Crippen molar-refractivity contribution in [2.45, 2.75) is 6.42 Å². The molecule has 2 rings (SSSR count). The number of aromatic nitrogens is 4. The summed E-state index contributed by atoms with van der Waals surface area (Å²) in [4.78, 5) is 19.7. The van der Waals surface area contributed by atoms with Crippen LogP contribution in [0.15, 0.2) is 24.8 Å². The van der Waals surface area contributed by atoms with Crippen LogP contribution in [0.25, 0.3) is 0 Å². The van der Waals surface area contributed by atoms with E-state index in [1.54, 1.807) is 24.1 Å². The molecule has 0 aromatic carbocycles. The van der Waals surface area contributed by atoms with Gasteiger partial charge in [-0.15, -0.1) is 0 Å². The third-order valence-electron chi connectivity index (χ3n) is 2.29. The van der Waals surface area contributed by atoms with Crippen LogP contribution in [0.2, 0.25) is 5.02 Å². The van der Waals surface area contributed by atoms with Crippen LogP contribution < -0.4 is 5.32 Å². The van der Waals surface area contributed by atoms with Gasteiger partial charge in [0.05, 0.1) is 10.6 Å². The van der Waals surface area contributed by atoms with Gasteiger partial charge in [0, 0.05) is 32.4 Å². The van der Waals surface area contributed by atoms with E-state index in [0.717, 1.165) is 0 Å². The average Bonchev–Trinajstić information content (AvgIpc) is 2.75. The molecule has 2 aromatic heterocycles. The van der Waals surface area contributed by atoms with E-state index in [-0.39, 0.29) is 5.91 Å². The molecule has 1 N–H and O–H groups in total. The number of nitrogens with zero attached hydrogens (tertiary/aromatic N) is 4. The monoisotopic (exact) mass is 265 g/mol. The highest BCUT2D eigenvalue weighted by atomic mass is 35.5. The number of halogens is 1. The summed E-state index contributed by atoms with van der Waals surface area (Å²) in [5.41, 5.74) is 0.369. The second-order valence-corrected chi connectivity index (χ2v) is 4.10. The smallest absolute Gasteiger partial charge is 0.254 e. The van der Waals surface area contributed by atoms with Gasteiger partial charge in [0.25, 0.3) is 5.91 Å². The molecule has 2 aromatic rings. The van der Waals surface area contributed by atoms with Gasteiger partial charge in [0.1, 0.15) is 6.33 Å². The lowest BCUT2D eigenvalue weighted by Crippen LogP contribution is -2.26. The molecule has 0 saturated carbocycles. The molecule has 0 saturated heterocycles. The lowest BCUT2D eigenvalue weighted by Gasteiger charge is -2.04. The van der Waals surface area contributed by atoms with Crippen LogP contribution in [-0.4, -0.2) is 32.2 Å². The van der Waals surface area contributed by atoms with E-state index in [0.29, 0.717) is 29.4 Å². The number of amides is 1. The maximum atomic E-state index is 11.8. The van der Waals surface area contributed by atoms with Crippen molar-refractivity contribution in [2.75, 3.05) is 6.54 Å². The zero-order valence-electron chi connectivity index (χ0n) is 9.80. The van der Waals surface area contributed by atoms with E-state index >= 15 is 0 Å². The Morgan fingerprint density at radius 3 is 3.06 bits per heavy atom. The minimum Gasteiger partial charge on any atom is -0.351 e. The van der Waals surface area contributed by atoms with E-state index in [2.05, 4.69) is 20.4 Å². The van der Waals surface area contributed by atoms with Crippen molar-refractivity contribution in [1.29, 1.82) is 0 Å². The molecule has 7 heteroatoms. The number of nitrogens with one attached hydrogen (secondary N) is 1. The highest BCUT2D eigenvalue weighted by molar-refractivity contribution is 6.33. The molecular weight excluding hydrogens is 254 g/mol. The number of aryl methyl sites for hydroxylation is 1. The lowest BCUT2D eigenvalue weighted by atomic mass is 10.2. The lowest BCUT2D eigenvalue weighted by molar-refractivity contribution is 0.0954. The molecule has 0 spiro atoms. The van der Waals surface area contributed by atoms with Crippen LogP contribution in [0.1, 0.15) is 16.2 Å². The Kier molecular flexibility index (Phi) is 3.88. The first-order valence-electron chi connectivity index (χ1n) is 5.39. The van der Waals surface area contributed by atoms with Crippen molar-refractivity contribution in [3.63, 3.8) is 0 Å². The van der Waals surface area contributed by atoms with E-state index in [1.165, 1.54) is 12.4 Å². The van der Waals surface area contributed by atoms with Crippen LogP contribution in [-0.2, 0) is 13.5 Å². The fourth-order valence-electron chi connectivity index (χ4n) is 1.43. The Morgan fingerprint density at radius 2 is 2.39 bits per heavy atom. The Labute approximate surface area is 109 Å². The van der Waals surface area contributed by atoms with Gasteiger partial charge in [-0.05, 0) is 6.07 Å². The molecular formula is C11H12ClN5O. The first-order chi connectivity index (χ1) is 8.66. The van der Waals surface area contributed by atoms with Gasteiger partial charge in [-0.3, -0.25) is 14.5 Å². The summed E-state index contributed by atoms with van der Waals surface area (Å²) < 4.78 is 1.62. The van der Waals surface area contributed by atoms with Gasteiger partial charge in [-0.25, -0.2) is 4.98 Å². The zero-order chi connectivity index (χ0) is 13.0. The molecule has 6 nitrogen and oxygen atoms in total. The Bertz CT molecular complexity index is 554. The fourth-order valence-corrected chi connectivity index (χ4v) is 1.62.